The predicted octanol–water partition coefficient (Wildman–Crippen LogP) is 4.35. The van der Waals surface area contributed by atoms with Gasteiger partial charge in [0.2, 0.25) is 5.91 Å². The van der Waals surface area contributed by atoms with Crippen molar-refractivity contribution in [1.82, 2.24) is 10.2 Å². The van der Waals surface area contributed by atoms with Crippen LogP contribution in [0.3, 0.4) is 0 Å². The van der Waals surface area contributed by atoms with E-state index in [0.717, 1.165) is 55.6 Å². The summed E-state index contributed by atoms with van der Waals surface area (Å²) in [5.41, 5.74) is 2.58. The summed E-state index contributed by atoms with van der Waals surface area (Å²) in [6.07, 6.45) is 4.42. The Bertz CT molecular complexity index is 1130. The van der Waals surface area contributed by atoms with E-state index >= 15 is 0 Å². The van der Waals surface area contributed by atoms with Crippen LogP contribution >= 0.6 is 0 Å². The summed E-state index contributed by atoms with van der Waals surface area (Å²) < 4.78 is 32.1. The van der Waals surface area contributed by atoms with Gasteiger partial charge in [0, 0.05) is 12.1 Å². The molecule has 1 atom stereocenters. The summed E-state index contributed by atoms with van der Waals surface area (Å²) >= 11 is 0. The highest BCUT2D eigenvalue weighted by atomic mass is 32.2. The summed E-state index contributed by atoms with van der Waals surface area (Å²) in [5.74, 6) is 0.414. The van der Waals surface area contributed by atoms with E-state index < -0.39 is 14.6 Å². The van der Waals surface area contributed by atoms with Crippen molar-refractivity contribution in [3.63, 3.8) is 0 Å². The largest absolute Gasteiger partial charge is 0.496 e. The molecule has 1 heterocycles. The Morgan fingerprint density at radius 2 is 1.74 bits per heavy atom. The number of likely N-dealkylation sites (tertiary alicyclic amines) is 1. The molecule has 1 N–H and O–H groups in total. The number of nitrogens with one attached hydrogen (secondary N) is 1. The van der Waals surface area contributed by atoms with Crippen LogP contribution in [0.4, 0.5) is 0 Å². The number of carbonyl (C=O) groups excluding carboxylic acids is 1. The molecule has 0 bridgehead atoms. The Balaban J connectivity index is 1.64. The zero-order valence-corrected chi connectivity index (χ0v) is 21.3. The molecule has 2 aliphatic rings. The van der Waals surface area contributed by atoms with Gasteiger partial charge in [0.15, 0.2) is 14.6 Å². The van der Waals surface area contributed by atoms with Gasteiger partial charge in [-0.3, -0.25) is 9.69 Å². The number of amides is 1. The lowest BCUT2D eigenvalue weighted by Crippen LogP contribution is -2.52. The molecule has 2 fully saturated rings. The van der Waals surface area contributed by atoms with Gasteiger partial charge in [-0.05, 0) is 75.9 Å². The molecule has 1 aliphatic carbocycles. The minimum absolute atomic E-state index is 0.0653. The Morgan fingerprint density at radius 3 is 2.41 bits per heavy atom. The number of aryl methyl sites for hydroxylation is 2. The van der Waals surface area contributed by atoms with Crippen LogP contribution in [-0.4, -0.2) is 50.7 Å². The standard InChI is InChI=1S/C27H36N2O4S/c1-20-12-13-21(2)25(18-20)34(31,32)27(14-6-7-15-27)26(30)28-19-23(29-16-8-9-17-29)22-10-4-5-11-24(22)33-3/h4-5,10-13,18,23H,6-9,14-17,19H2,1-3H3,(H,28,30). The first-order valence-corrected chi connectivity index (χ1v) is 13.8. The molecule has 2 aromatic carbocycles. The number of benzene rings is 2. The van der Waals surface area contributed by atoms with E-state index in [1.807, 2.05) is 43.3 Å². The minimum Gasteiger partial charge on any atom is -0.496 e. The van der Waals surface area contributed by atoms with Crippen molar-refractivity contribution >= 4 is 15.7 Å². The molecule has 1 saturated carbocycles. The van der Waals surface area contributed by atoms with Crippen molar-refractivity contribution in [3.05, 3.63) is 59.2 Å². The lowest BCUT2D eigenvalue weighted by atomic mass is 10.0. The number of carbonyl (C=O) groups is 1. The third kappa shape index (κ3) is 4.48. The third-order valence-electron chi connectivity index (χ3n) is 7.51. The van der Waals surface area contributed by atoms with E-state index in [4.69, 9.17) is 4.74 Å². The Kier molecular flexibility index (Phi) is 7.33. The topological polar surface area (TPSA) is 75.7 Å². The van der Waals surface area contributed by atoms with Gasteiger partial charge in [0.25, 0.3) is 0 Å². The van der Waals surface area contributed by atoms with Crippen LogP contribution in [0.5, 0.6) is 5.75 Å². The summed E-state index contributed by atoms with van der Waals surface area (Å²) in [7, 11) is -2.19. The predicted molar refractivity (Wildman–Crippen MR) is 134 cm³/mol. The highest BCUT2D eigenvalue weighted by molar-refractivity contribution is 7.93. The Hall–Kier alpha value is -2.38. The molecule has 184 valence electrons. The maximum absolute atomic E-state index is 14.0. The van der Waals surface area contributed by atoms with Gasteiger partial charge in [0.05, 0.1) is 18.0 Å². The lowest BCUT2D eigenvalue weighted by Gasteiger charge is -2.32. The van der Waals surface area contributed by atoms with Crippen molar-refractivity contribution in [2.75, 3.05) is 26.7 Å². The smallest absolute Gasteiger partial charge is 0.241 e. The van der Waals surface area contributed by atoms with Crippen LogP contribution in [0.15, 0.2) is 47.4 Å². The zero-order valence-electron chi connectivity index (χ0n) is 20.5. The molecule has 1 aliphatic heterocycles. The van der Waals surface area contributed by atoms with Gasteiger partial charge < -0.3 is 10.1 Å². The zero-order chi connectivity index (χ0) is 24.3. The van der Waals surface area contributed by atoms with Crippen molar-refractivity contribution in [2.45, 2.75) is 68.1 Å². The highest BCUT2D eigenvalue weighted by Crippen LogP contribution is 2.42. The summed E-state index contributed by atoms with van der Waals surface area (Å²) in [6.45, 7) is 5.93. The number of rotatable bonds is 8. The fourth-order valence-corrected chi connectivity index (χ4v) is 7.95. The second kappa shape index (κ2) is 10.1. The van der Waals surface area contributed by atoms with Crippen LogP contribution in [0, 0.1) is 13.8 Å². The van der Waals surface area contributed by atoms with Crippen molar-refractivity contribution in [2.24, 2.45) is 0 Å². The maximum Gasteiger partial charge on any atom is 0.241 e. The molecule has 1 unspecified atom stereocenters. The lowest BCUT2D eigenvalue weighted by molar-refractivity contribution is -0.123. The first-order chi connectivity index (χ1) is 16.3. The van der Waals surface area contributed by atoms with Crippen molar-refractivity contribution in [3.8, 4) is 5.75 Å². The monoisotopic (exact) mass is 484 g/mol. The van der Waals surface area contributed by atoms with Gasteiger partial charge in [-0.1, -0.05) is 43.2 Å². The van der Waals surface area contributed by atoms with Crippen LogP contribution < -0.4 is 10.1 Å². The first kappa shape index (κ1) is 24.7. The maximum atomic E-state index is 14.0. The molecule has 0 spiro atoms. The number of ether oxygens (including phenoxy) is 1. The van der Waals surface area contributed by atoms with Gasteiger partial charge >= 0.3 is 0 Å². The third-order valence-corrected chi connectivity index (χ3v) is 10.1. The van der Waals surface area contributed by atoms with Gasteiger partial charge in [0.1, 0.15) is 5.75 Å². The average molecular weight is 485 g/mol. The van der Waals surface area contributed by atoms with Crippen molar-refractivity contribution < 1.29 is 17.9 Å². The van der Waals surface area contributed by atoms with E-state index in [2.05, 4.69) is 10.2 Å². The second-order valence-corrected chi connectivity index (χ2v) is 11.9. The molecule has 0 radical (unpaired) electrons. The number of hydrogen-bond acceptors (Lipinski definition) is 5. The second-order valence-electron chi connectivity index (χ2n) is 9.68. The van der Waals surface area contributed by atoms with Gasteiger partial charge in [-0.15, -0.1) is 0 Å². The Labute approximate surface area is 203 Å². The van der Waals surface area contributed by atoms with E-state index in [0.29, 0.717) is 24.9 Å². The highest BCUT2D eigenvalue weighted by Gasteiger charge is 2.53. The molecule has 4 rings (SSSR count). The molecule has 1 saturated heterocycles. The fraction of sp³-hybridized carbons (Fsp3) is 0.519. The minimum atomic E-state index is -3.85. The van der Waals surface area contributed by atoms with Crippen molar-refractivity contribution in [1.29, 1.82) is 0 Å². The van der Waals surface area contributed by atoms with Gasteiger partial charge in [-0.25, -0.2) is 8.42 Å². The summed E-state index contributed by atoms with van der Waals surface area (Å²) in [6, 6.07) is 13.3. The number of sulfone groups is 1. The SMILES string of the molecule is COc1ccccc1C(CNC(=O)C1(S(=O)(=O)c2cc(C)ccc2C)CCCC1)N1CCCC1. The molecular weight excluding hydrogens is 448 g/mol. The van der Waals surface area contributed by atoms with E-state index in [1.165, 1.54) is 0 Å². The van der Waals surface area contributed by atoms with E-state index in [-0.39, 0.29) is 16.8 Å². The first-order valence-electron chi connectivity index (χ1n) is 12.3. The normalized spacial score (nSPS) is 19.1. The molecule has 6 nitrogen and oxygen atoms in total. The van der Waals surface area contributed by atoms with E-state index in [1.54, 1.807) is 20.1 Å². The Morgan fingerprint density at radius 1 is 1.06 bits per heavy atom. The van der Waals surface area contributed by atoms with Gasteiger partial charge in [-0.2, -0.15) is 0 Å². The van der Waals surface area contributed by atoms with Crippen LogP contribution in [0.25, 0.3) is 0 Å². The number of methoxy groups -OCH3 is 1. The van der Waals surface area contributed by atoms with Crippen LogP contribution in [-0.2, 0) is 14.6 Å². The summed E-state index contributed by atoms with van der Waals surface area (Å²) in [4.78, 5) is 16.4. The van der Waals surface area contributed by atoms with Crippen LogP contribution in [0.2, 0.25) is 0 Å². The molecular formula is C27H36N2O4S. The molecule has 2 aromatic rings. The number of nitrogens with zero attached hydrogens (tertiary/aromatic N) is 1. The summed E-state index contributed by atoms with van der Waals surface area (Å²) in [5, 5.41) is 3.09. The molecule has 1 amide bonds. The van der Waals surface area contributed by atoms with E-state index in [9.17, 15) is 13.2 Å². The number of hydrogen-bond donors (Lipinski definition) is 1. The molecule has 7 heteroatoms. The molecule has 34 heavy (non-hydrogen) atoms. The quantitative estimate of drug-likeness (QED) is 0.603. The molecule has 0 aromatic heterocycles. The fourth-order valence-electron chi connectivity index (χ4n) is 5.55. The average Bonchev–Trinajstić information content (AvgIpc) is 3.54. The number of para-hydroxylation sites is 1. The van der Waals surface area contributed by atoms with Crippen LogP contribution in [0.1, 0.15) is 61.3 Å².